The third-order valence-corrected chi connectivity index (χ3v) is 5.69. The number of sulfonamides is 1. The summed E-state index contributed by atoms with van der Waals surface area (Å²) < 4.78 is 45.9. The van der Waals surface area contributed by atoms with Crippen molar-refractivity contribution in [2.45, 2.75) is 31.7 Å². The molecule has 0 radical (unpaired) electrons. The van der Waals surface area contributed by atoms with Crippen LogP contribution in [0.3, 0.4) is 0 Å². The van der Waals surface area contributed by atoms with Crippen molar-refractivity contribution in [3.63, 3.8) is 0 Å². The minimum Gasteiger partial charge on any atom is -0.466 e. The Labute approximate surface area is 153 Å². The molecular formula is C19H22FNO4S. The van der Waals surface area contributed by atoms with Gasteiger partial charge in [-0.15, -0.1) is 0 Å². The van der Waals surface area contributed by atoms with Crippen molar-refractivity contribution in [1.29, 1.82) is 0 Å². The first-order valence-electron chi connectivity index (χ1n) is 8.30. The van der Waals surface area contributed by atoms with Crippen molar-refractivity contribution in [3.05, 3.63) is 65.5 Å². The van der Waals surface area contributed by atoms with Crippen molar-refractivity contribution in [1.82, 2.24) is 4.31 Å². The molecule has 0 N–H and O–H groups in total. The minimum absolute atomic E-state index is 0.0939. The summed E-state index contributed by atoms with van der Waals surface area (Å²) >= 11 is 0. The van der Waals surface area contributed by atoms with Crippen LogP contribution in [-0.2, 0) is 26.1 Å². The Morgan fingerprint density at radius 3 is 2.38 bits per heavy atom. The van der Waals surface area contributed by atoms with Crippen LogP contribution >= 0.6 is 0 Å². The van der Waals surface area contributed by atoms with Gasteiger partial charge in [0.05, 0.1) is 17.9 Å². The molecule has 0 aliphatic carbocycles. The molecule has 2 aromatic rings. The molecular weight excluding hydrogens is 357 g/mol. The third-order valence-electron chi connectivity index (χ3n) is 3.83. The summed E-state index contributed by atoms with van der Waals surface area (Å²) in [6.45, 7) is 3.49. The van der Waals surface area contributed by atoms with Crippen LogP contribution in [0.1, 0.15) is 24.5 Å². The third kappa shape index (κ3) is 5.12. The number of hydrogen-bond donors (Lipinski definition) is 0. The van der Waals surface area contributed by atoms with Gasteiger partial charge in [0.15, 0.2) is 0 Å². The van der Waals surface area contributed by atoms with E-state index in [1.807, 2.05) is 6.92 Å². The number of carbonyl (C=O) groups is 1. The lowest BCUT2D eigenvalue weighted by Crippen LogP contribution is -2.33. The molecule has 140 valence electrons. The molecule has 0 heterocycles. The lowest BCUT2D eigenvalue weighted by atomic mass is 10.2. The number of ether oxygens (including phenoxy) is 1. The van der Waals surface area contributed by atoms with E-state index in [0.29, 0.717) is 0 Å². The lowest BCUT2D eigenvalue weighted by molar-refractivity contribution is -0.143. The normalized spacial score (nSPS) is 11.5. The minimum atomic E-state index is -3.88. The number of aryl methyl sites for hydroxylation is 1. The Hall–Kier alpha value is -2.25. The molecule has 0 fully saturated rings. The zero-order valence-corrected chi connectivity index (χ0v) is 15.6. The highest BCUT2D eigenvalue weighted by atomic mass is 32.2. The Morgan fingerprint density at radius 2 is 1.77 bits per heavy atom. The number of esters is 1. The van der Waals surface area contributed by atoms with Gasteiger partial charge >= 0.3 is 5.97 Å². The monoisotopic (exact) mass is 379 g/mol. The van der Waals surface area contributed by atoms with E-state index >= 15 is 0 Å². The van der Waals surface area contributed by atoms with Crippen LogP contribution < -0.4 is 0 Å². The summed E-state index contributed by atoms with van der Waals surface area (Å²) in [5.41, 5.74) is 1.17. The molecule has 0 aliphatic heterocycles. The maximum Gasteiger partial charge on any atom is 0.307 e. The van der Waals surface area contributed by atoms with Gasteiger partial charge in [-0.2, -0.15) is 4.31 Å². The van der Waals surface area contributed by atoms with Gasteiger partial charge in [0.25, 0.3) is 0 Å². The maximum atomic E-state index is 14.0. The lowest BCUT2D eigenvalue weighted by Gasteiger charge is -2.22. The summed E-state index contributed by atoms with van der Waals surface area (Å²) in [5, 5.41) is 0. The molecule has 2 aromatic carbocycles. The Balaban J connectivity index is 2.30. The van der Waals surface area contributed by atoms with Gasteiger partial charge < -0.3 is 4.74 Å². The topological polar surface area (TPSA) is 63.7 Å². The predicted octanol–water partition coefficient (Wildman–Crippen LogP) is 3.28. The number of hydrogen-bond acceptors (Lipinski definition) is 4. The van der Waals surface area contributed by atoms with Gasteiger partial charge in [0.2, 0.25) is 10.0 Å². The van der Waals surface area contributed by atoms with E-state index in [4.69, 9.17) is 4.74 Å². The second-order valence-electron chi connectivity index (χ2n) is 5.80. The number of rotatable bonds is 8. The summed E-state index contributed by atoms with van der Waals surface area (Å²) in [4.78, 5) is 11.8. The highest BCUT2D eigenvalue weighted by molar-refractivity contribution is 7.89. The smallest absolute Gasteiger partial charge is 0.307 e. The first kappa shape index (κ1) is 20.1. The number of nitrogens with zero attached hydrogens (tertiary/aromatic N) is 1. The van der Waals surface area contributed by atoms with Crippen LogP contribution in [0.5, 0.6) is 0 Å². The van der Waals surface area contributed by atoms with E-state index in [1.165, 1.54) is 30.3 Å². The molecule has 0 amide bonds. The molecule has 0 saturated carbocycles. The Kier molecular flexibility index (Phi) is 6.88. The molecule has 0 saturated heterocycles. The van der Waals surface area contributed by atoms with Crippen molar-refractivity contribution in [2.24, 2.45) is 0 Å². The van der Waals surface area contributed by atoms with Gasteiger partial charge in [0, 0.05) is 18.7 Å². The van der Waals surface area contributed by atoms with Gasteiger partial charge in [-0.1, -0.05) is 35.9 Å². The Morgan fingerprint density at radius 1 is 1.12 bits per heavy atom. The van der Waals surface area contributed by atoms with Crippen LogP contribution in [0.2, 0.25) is 0 Å². The maximum absolute atomic E-state index is 14.0. The second kappa shape index (κ2) is 8.91. The van der Waals surface area contributed by atoms with E-state index in [2.05, 4.69) is 0 Å². The fourth-order valence-corrected chi connectivity index (χ4v) is 3.83. The zero-order valence-electron chi connectivity index (χ0n) is 14.8. The molecule has 2 rings (SSSR count). The van der Waals surface area contributed by atoms with Crippen LogP contribution in [0.25, 0.3) is 0 Å². The van der Waals surface area contributed by atoms with Crippen molar-refractivity contribution < 1.29 is 22.3 Å². The molecule has 0 atom stereocenters. The van der Waals surface area contributed by atoms with Crippen LogP contribution in [-0.4, -0.2) is 31.8 Å². The molecule has 0 bridgehead atoms. The van der Waals surface area contributed by atoms with Crippen molar-refractivity contribution in [3.8, 4) is 0 Å². The fourth-order valence-electron chi connectivity index (χ4n) is 2.41. The molecule has 0 aromatic heterocycles. The van der Waals surface area contributed by atoms with Gasteiger partial charge in [0.1, 0.15) is 5.82 Å². The van der Waals surface area contributed by atoms with E-state index in [1.54, 1.807) is 25.1 Å². The molecule has 0 aliphatic rings. The van der Waals surface area contributed by atoms with E-state index in [0.717, 1.165) is 9.87 Å². The highest BCUT2D eigenvalue weighted by Crippen LogP contribution is 2.20. The van der Waals surface area contributed by atoms with E-state index < -0.39 is 21.8 Å². The Bertz CT molecular complexity index is 850. The molecule has 5 nitrogen and oxygen atoms in total. The summed E-state index contributed by atoms with van der Waals surface area (Å²) in [6, 6.07) is 12.4. The quantitative estimate of drug-likeness (QED) is 0.661. The van der Waals surface area contributed by atoms with Gasteiger partial charge in [-0.25, -0.2) is 12.8 Å². The number of carbonyl (C=O) groups excluding carboxylic acids is 1. The zero-order chi connectivity index (χ0) is 19.2. The van der Waals surface area contributed by atoms with Crippen LogP contribution in [0.15, 0.2) is 53.4 Å². The van der Waals surface area contributed by atoms with Crippen molar-refractivity contribution in [2.75, 3.05) is 13.2 Å². The standard InChI is InChI=1S/C19H22FNO4S/c1-3-25-19(22)12-13-21(14-16-6-4-5-7-18(16)20)26(23,24)17-10-8-15(2)9-11-17/h4-11H,3,12-14H2,1-2H3. The summed E-state index contributed by atoms with van der Waals surface area (Å²) in [6.07, 6.45) is -0.104. The first-order valence-corrected chi connectivity index (χ1v) is 9.74. The first-order chi connectivity index (χ1) is 12.3. The van der Waals surface area contributed by atoms with Crippen LogP contribution in [0.4, 0.5) is 4.39 Å². The van der Waals surface area contributed by atoms with E-state index in [9.17, 15) is 17.6 Å². The largest absolute Gasteiger partial charge is 0.466 e. The second-order valence-corrected chi connectivity index (χ2v) is 7.74. The molecule has 0 spiro atoms. The van der Waals surface area contributed by atoms with Gasteiger partial charge in [-0.3, -0.25) is 4.79 Å². The summed E-state index contributed by atoms with van der Waals surface area (Å²) in [7, 11) is -3.88. The van der Waals surface area contributed by atoms with Crippen LogP contribution in [0, 0.1) is 12.7 Å². The molecule has 7 heteroatoms. The number of benzene rings is 2. The fraction of sp³-hybridized carbons (Fsp3) is 0.316. The highest BCUT2D eigenvalue weighted by Gasteiger charge is 2.26. The molecule has 0 unspecified atom stereocenters. The average molecular weight is 379 g/mol. The predicted molar refractivity (Wildman–Crippen MR) is 96.4 cm³/mol. The van der Waals surface area contributed by atoms with Gasteiger partial charge in [-0.05, 0) is 32.0 Å². The summed E-state index contributed by atoms with van der Waals surface area (Å²) in [5.74, 6) is -0.988. The van der Waals surface area contributed by atoms with Crippen molar-refractivity contribution >= 4 is 16.0 Å². The average Bonchev–Trinajstić information content (AvgIpc) is 2.60. The number of halogens is 1. The SMILES string of the molecule is CCOC(=O)CCN(Cc1ccccc1F)S(=O)(=O)c1ccc(C)cc1. The molecule has 26 heavy (non-hydrogen) atoms. The van der Waals surface area contributed by atoms with E-state index in [-0.39, 0.29) is 36.6 Å².